The molecular weight excluding hydrogens is 262 g/mol. The number of halogens is 1. The molecular formula is C13H8ClN5. The minimum absolute atomic E-state index is 0.347. The van der Waals surface area contributed by atoms with Crippen LogP contribution in [0.2, 0.25) is 5.15 Å². The molecule has 3 heterocycles. The Morgan fingerprint density at radius 1 is 1.21 bits per heavy atom. The van der Waals surface area contributed by atoms with Gasteiger partial charge >= 0.3 is 0 Å². The van der Waals surface area contributed by atoms with Crippen LogP contribution in [0.15, 0.2) is 31.0 Å². The number of fused-ring (bicyclic) bond motifs is 1. The Labute approximate surface area is 114 Å². The van der Waals surface area contributed by atoms with E-state index in [9.17, 15) is 0 Å². The maximum Gasteiger partial charge on any atom is 0.165 e. The third-order valence-corrected chi connectivity index (χ3v) is 2.96. The predicted molar refractivity (Wildman–Crippen MR) is 71.6 cm³/mol. The molecule has 0 unspecified atom stereocenters. The van der Waals surface area contributed by atoms with Crippen LogP contribution >= 0.6 is 11.6 Å². The second kappa shape index (κ2) is 4.67. The van der Waals surface area contributed by atoms with Gasteiger partial charge < -0.3 is 4.57 Å². The molecule has 6 heteroatoms. The van der Waals surface area contributed by atoms with Crippen LogP contribution in [0, 0.1) is 12.3 Å². The summed E-state index contributed by atoms with van der Waals surface area (Å²) in [5.41, 5.74) is 2.89. The monoisotopic (exact) mass is 269 g/mol. The van der Waals surface area contributed by atoms with Crippen LogP contribution in [0.5, 0.6) is 0 Å². The molecule has 0 spiro atoms. The average Bonchev–Trinajstić information content (AvgIpc) is 2.84. The van der Waals surface area contributed by atoms with Crippen molar-refractivity contribution in [3.63, 3.8) is 0 Å². The van der Waals surface area contributed by atoms with Gasteiger partial charge in [0.1, 0.15) is 11.8 Å². The van der Waals surface area contributed by atoms with E-state index in [1.807, 2.05) is 16.7 Å². The molecule has 92 valence electrons. The topological polar surface area (TPSA) is 56.5 Å². The number of imidazole rings is 1. The summed E-state index contributed by atoms with van der Waals surface area (Å²) in [4.78, 5) is 16.5. The van der Waals surface area contributed by atoms with Crippen molar-refractivity contribution in [3.05, 3.63) is 47.4 Å². The van der Waals surface area contributed by atoms with Gasteiger partial charge in [-0.05, 0) is 12.1 Å². The minimum Gasteiger partial charge on any atom is -0.309 e. The largest absolute Gasteiger partial charge is 0.309 e. The fourth-order valence-electron chi connectivity index (χ4n) is 1.75. The van der Waals surface area contributed by atoms with Gasteiger partial charge in [-0.15, -0.1) is 6.42 Å². The summed E-state index contributed by atoms with van der Waals surface area (Å²) in [6, 6.07) is 3.73. The van der Waals surface area contributed by atoms with Gasteiger partial charge in [-0.1, -0.05) is 17.5 Å². The van der Waals surface area contributed by atoms with Crippen LogP contribution in [0.4, 0.5) is 0 Å². The standard InChI is InChI=1S/C13H8ClN5/c1-2-9-3-4-10(15-5-9)6-19-8-18-11-12(14)16-7-17-13(11)19/h1,3-5,7-8H,6H2. The van der Waals surface area contributed by atoms with E-state index in [4.69, 9.17) is 18.0 Å². The molecule has 3 aromatic rings. The van der Waals surface area contributed by atoms with Crippen LogP contribution in [0.25, 0.3) is 11.2 Å². The third-order valence-electron chi connectivity index (χ3n) is 2.68. The number of nitrogens with zero attached hydrogens (tertiary/aromatic N) is 5. The number of terminal acetylenes is 1. The maximum atomic E-state index is 5.95. The molecule has 19 heavy (non-hydrogen) atoms. The highest BCUT2D eigenvalue weighted by atomic mass is 35.5. The Morgan fingerprint density at radius 3 is 2.84 bits per heavy atom. The zero-order valence-corrected chi connectivity index (χ0v) is 10.5. The van der Waals surface area contributed by atoms with Crippen molar-refractivity contribution in [3.8, 4) is 12.3 Å². The van der Waals surface area contributed by atoms with E-state index >= 15 is 0 Å². The molecule has 3 aromatic heterocycles. The number of hydrogen-bond donors (Lipinski definition) is 0. The Hall–Kier alpha value is -2.45. The van der Waals surface area contributed by atoms with Crippen LogP contribution in [-0.4, -0.2) is 24.5 Å². The highest BCUT2D eigenvalue weighted by molar-refractivity contribution is 6.33. The Kier molecular flexibility index (Phi) is 2.86. The summed E-state index contributed by atoms with van der Waals surface area (Å²) in [7, 11) is 0. The molecule has 0 N–H and O–H groups in total. The average molecular weight is 270 g/mol. The first-order valence-electron chi connectivity index (χ1n) is 5.51. The molecule has 0 atom stereocenters. The van der Waals surface area contributed by atoms with Gasteiger partial charge in [0.15, 0.2) is 10.8 Å². The van der Waals surface area contributed by atoms with Crippen LogP contribution in [-0.2, 0) is 6.54 Å². The van der Waals surface area contributed by atoms with Crippen molar-refractivity contribution in [2.24, 2.45) is 0 Å². The van der Waals surface area contributed by atoms with Crippen molar-refractivity contribution in [2.75, 3.05) is 0 Å². The Balaban J connectivity index is 1.97. The smallest absolute Gasteiger partial charge is 0.165 e. The first kappa shape index (κ1) is 11.6. The Bertz CT molecular complexity index is 770. The number of rotatable bonds is 2. The van der Waals surface area contributed by atoms with E-state index in [1.54, 1.807) is 12.5 Å². The Morgan fingerprint density at radius 2 is 2.11 bits per heavy atom. The fraction of sp³-hybridized carbons (Fsp3) is 0.0769. The number of hydrogen-bond acceptors (Lipinski definition) is 4. The highest BCUT2D eigenvalue weighted by Gasteiger charge is 2.08. The van der Waals surface area contributed by atoms with Crippen molar-refractivity contribution in [2.45, 2.75) is 6.54 Å². The van der Waals surface area contributed by atoms with Crippen molar-refractivity contribution in [1.29, 1.82) is 0 Å². The lowest BCUT2D eigenvalue weighted by Gasteiger charge is -2.03. The summed E-state index contributed by atoms with van der Waals surface area (Å²) in [5.74, 6) is 2.53. The lowest BCUT2D eigenvalue weighted by atomic mass is 10.2. The van der Waals surface area contributed by atoms with E-state index in [0.717, 1.165) is 11.3 Å². The van der Waals surface area contributed by atoms with E-state index in [-0.39, 0.29) is 0 Å². The molecule has 0 amide bonds. The second-order valence-corrected chi connectivity index (χ2v) is 4.25. The summed E-state index contributed by atoms with van der Waals surface area (Å²) in [6.07, 6.45) is 10.0. The summed E-state index contributed by atoms with van der Waals surface area (Å²) in [5, 5.41) is 0.347. The van der Waals surface area contributed by atoms with Crippen molar-refractivity contribution in [1.82, 2.24) is 24.5 Å². The van der Waals surface area contributed by atoms with Gasteiger partial charge in [-0.25, -0.2) is 15.0 Å². The third kappa shape index (κ3) is 2.14. The summed E-state index contributed by atoms with van der Waals surface area (Å²) in [6.45, 7) is 0.550. The molecule has 0 fully saturated rings. The van der Waals surface area contributed by atoms with Crippen molar-refractivity contribution >= 4 is 22.8 Å². The zero-order chi connectivity index (χ0) is 13.2. The molecule has 0 radical (unpaired) electrons. The normalized spacial score (nSPS) is 10.5. The highest BCUT2D eigenvalue weighted by Crippen LogP contribution is 2.17. The van der Waals surface area contributed by atoms with Crippen LogP contribution in [0.1, 0.15) is 11.3 Å². The molecule has 0 aliphatic rings. The van der Waals surface area contributed by atoms with Gasteiger partial charge in [0.05, 0.1) is 18.6 Å². The molecule has 0 bridgehead atoms. The van der Waals surface area contributed by atoms with Gasteiger partial charge in [0.25, 0.3) is 0 Å². The summed E-state index contributed by atoms with van der Waals surface area (Å²) >= 11 is 5.95. The van der Waals surface area contributed by atoms with Crippen LogP contribution < -0.4 is 0 Å². The van der Waals surface area contributed by atoms with Crippen molar-refractivity contribution < 1.29 is 0 Å². The lowest BCUT2D eigenvalue weighted by molar-refractivity contribution is 0.787. The quantitative estimate of drug-likeness (QED) is 0.527. The molecule has 0 aromatic carbocycles. The molecule has 3 rings (SSSR count). The van der Waals surface area contributed by atoms with E-state index in [0.29, 0.717) is 22.9 Å². The fourth-order valence-corrected chi connectivity index (χ4v) is 1.92. The van der Waals surface area contributed by atoms with E-state index in [2.05, 4.69) is 25.9 Å². The second-order valence-electron chi connectivity index (χ2n) is 3.89. The summed E-state index contributed by atoms with van der Waals surface area (Å²) < 4.78 is 1.86. The molecule has 0 aliphatic heterocycles. The van der Waals surface area contributed by atoms with Gasteiger partial charge in [-0.3, -0.25) is 4.98 Å². The van der Waals surface area contributed by atoms with Gasteiger partial charge in [-0.2, -0.15) is 0 Å². The van der Waals surface area contributed by atoms with Gasteiger partial charge in [0, 0.05) is 11.8 Å². The zero-order valence-electron chi connectivity index (χ0n) is 9.79. The predicted octanol–water partition coefficient (Wildman–Crippen LogP) is 1.90. The minimum atomic E-state index is 0.347. The van der Waals surface area contributed by atoms with E-state index < -0.39 is 0 Å². The number of aromatic nitrogens is 5. The number of pyridine rings is 1. The van der Waals surface area contributed by atoms with Crippen LogP contribution in [0.3, 0.4) is 0 Å². The first-order valence-corrected chi connectivity index (χ1v) is 5.88. The maximum absolute atomic E-state index is 5.95. The molecule has 5 nitrogen and oxygen atoms in total. The molecule has 0 saturated heterocycles. The molecule has 0 aliphatic carbocycles. The van der Waals surface area contributed by atoms with E-state index in [1.165, 1.54) is 6.33 Å². The van der Waals surface area contributed by atoms with Gasteiger partial charge in [0.2, 0.25) is 0 Å². The first-order chi connectivity index (χ1) is 9.28. The SMILES string of the molecule is C#Cc1ccc(Cn2cnc3c(Cl)ncnc32)nc1. The molecule has 0 saturated carbocycles. The lowest BCUT2D eigenvalue weighted by Crippen LogP contribution is -2.01.